The van der Waals surface area contributed by atoms with E-state index in [2.05, 4.69) is 24.4 Å². The molecule has 1 aromatic carbocycles. The first-order valence-corrected chi connectivity index (χ1v) is 16.0. The van der Waals surface area contributed by atoms with Crippen LogP contribution in [0.4, 0.5) is 0 Å². The van der Waals surface area contributed by atoms with Crippen molar-refractivity contribution in [3.8, 4) is 11.5 Å². The maximum absolute atomic E-state index is 12.2. The van der Waals surface area contributed by atoms with E-state index in [1.165, 1.54) is 5.57 Å². The molecule has 38 heavy (non-hydrogen) atoms. The monoisotopic (exact) mass is 578 g/mol. The van der Waals surface area contributed by atoms with Crippen LogP contribution in [0, 0.1) is 0 Å². The van der Waals surface area contributed by atoms with Crippen molar-refractivity contribution in [3.63, 3.8) is 0 Å². The van der Waals surface area contributed by atoms with Gasteiger partial charge in [-0.05, 0) is 56.7 Å². The molecule has 1 aromatic rings. The van der Waals surface area contributed by atoms with Crippen LogP contribution in [0.15, 0.2) is 23.8 Å². The minimum Gasteiger partial charge on any atom is -0.462 e. The molecule has 0 bridgehead atoms. The van der Waals surface area contributed by atoms with Crippen molar-refractivity contribution in [2.75, 3.05) is 7.11 Å². The molecule has 0 saturated carbocycles. The maximum Gasteiger partial charge on any atom is 0.475 e. The van der Waals surface area contributed by atoms with Crippen molar-refractivity contribution >= 4 is 16.4 Å². The van der Waals surface area contributed by atoms with Gasteiger partial charge in [0, 0.05) is 46.3 Å². The van der Waals surface area contributed by atoms with E-state index in [0.717, 1.165) is 63.2 Å². The summed E-state index contributed by atoms with van der Waals surface area (Å²) >= 11 is 0. The fourth-order valence-electron chi connectivity index (χ4n) is 4.33. The Kier molecular flexibility index (Phi) is 14.4. The lowest BCUT2D eigenvalue weighted by molar-refractivity contribution is -0.0998. The number of phosphoric acid groups is 1. The second kappa shape index (κ2) is 15.7. The highest BCUT2D eigenvalue weighted by molar-refractivity contribution is 7.47. The van der Waals surface area contributed by atoms with E-state index in [-0.39, 0.29) is 5.92 Å². The molecule has 1 aliphatic rings. The van der Waals surface area contributed by atoms with Crippen molar-refractivity contribution < 1.29 is 42.3 Å². The normalized spacial score (nSPS) is 17.8. The van der Waals surface area contributed by atoms with Gasteiger partial charge in [0.05, 0.1) is 0 Å². The van der Waals surface area contributed by atoms with Crippen LogP contribution in [0.25, 0.3) is 0 Å². The molecular formula is C27H48O9P2. The third-order valence-electron chi connectivity index (χ3n) is 5.75. The predicted molar refractivity (Wildman–Crippen MR) is 151 cm³/mol. The second-order valence-electron chi connectivity index (χ2n) is 10.1. The number of hydrogen-bond donors (Lipinski definition) is 3. The van der Waals surface area contributed by atoms with Gasteiger partial charge in [-0.1, -0.05) is 45.3 Å². The van der Waals surface area contributed by atoms with Crippen molar-refractivity contribution in [3.05, 3.63) is 34.9 Å². The van der Waals surface area contributed by atoms with Gasteiger partial charge in [-0.25, -0.2) is 9.09 Å². The van der Waals surface area contributed by atoms with Gasteiger partial charge in [0.15, 0.2) is 0 Å². The van der Waals surface area contributed by atoms with Crippen molar-refractivity contribution in [1.82, 2.24) is 0 Å². The summed E-state index contributed by atoms with van der Waals surface area (Å²) in [6.07, 6.45) is 8.87. The number of benzene rings is 1. The lowest BCUT2D eigenvalue weighted by Gasteiger charge is -2.33. The largest absolute Gasteiger partial charge is 0.475 e. The molecule has 0 aromatic heterocycles. The zero-order chi connectivity index (χ0) is 29.1. The van der Waals surface area contributed by atoms with Gasteiger partial charge in [-0.2, -0.15) is 0 Å². The van der Waals surface area contributed by atoms with E-state index in [0.29, 0.717) is 11.5 Å². The fourth-order valence-corrected chi connectivity index (χ4v) is 5.43. The van der Waals surface area contributed by atoms with E-state index in [1.54, 1.807) is 27.7 Å². The predicted octanol–water partition coefficient (Wildman–Crippen LogP) is 7.88. The zero-order valence-corrected chi connectivity index (χ0v) is 26.2. The van der Waals surface area contributed by atoms with Gasteiger partial charge >= 0.3 is 16.4 Å². The lowest BCUT2D eigenvalue weighted by atomic mass is 9.84. The summed E-state index contributed by atoms with van der Waals surface area (Å²) in [5.74, 6) is -1.93. The molecule has 1 aliphatic carbocycles. The van der Waals surface area contributed by atoms with Gasteiger partial charge in [0.1, 0.15) is 11.5 Å². The molecule has 220 valence electrons. The van der Waals surface area contributed by atoms with Crippen LogP contribution in [-0.2, 0) is 24.6 Å². The average molecular weight is 579 g/mol. The zero-order valence-electron chi connectivity index (χ0n) is 24.4. The lowest BCUT2D eigenvalue weighted by Crippen LogP contribution is -2.33. The topological polar surface area (TPSA) is 124 Å². The molecule has 0 radical (unpaired) electrons. The Morgan fingerprint density at radius 1 is 1.05 bits per heavy atom. The maximum atomic E-state index is 12.2. The van der Waals surface area contributed by atoms with Crippen LogP contribution >= 0.6 is 16.4 Å². The van der Waals surface area contributed by atoms with E-state index in [4.69, 9.17) is 18.5 Å². The Bertz CT molecular complexity index is 945. The average Bonchev–Trinajstić information content (AvgIpc) is 2.78. The van der Waals surface area contributed by atoms with Gasteiger partial charge in [0.2, 0.25) is 11.6 Å². The molecule has 0 amide bonds. The number of ether oxygens (including phenoxy) is 2. The first-order valence-electron chi connectivity index (χ1n) is 13.4. The quantitative estimate of drug-likeness (QED) is 0.0875. The van der Waals surface area contributed by atoms with Crippen LogP contribution < -0.4 is 9.47 Å². The summed E-state index contributed by atoms with van der Waals surface area (Å²) < 4.78 is 39.8. The summed E-state index contributed by atoms with van der Waals surface area (Å²) in [5.41, 5.74) is 2.94. The van der Waals surface area contributed by atoms with Gasteiger partial charge in [0.25, 0.3) is 0 Å². The molecule has 11 heteroatoms. The van der Waals surface area contributed by atoms with Crippen LogP contribution in [0.1, 0.15) is 111 Å². The van der Waals surface area contributed by atoms with E-state index in [9.17, 15) is 19.2 Å². The van der Waals surface area contributed by atoms with Crippen LogP contribution in [0.2, 0.25) is 0 Å². The molecule has 3 N–H and O–H groups in total. The first-order chi connectivity index (χ1) is 17.7. The summed E-state index contributed by atoms with van der Waals surface area (Å²) in [6, 6.07) is 3.87. The Morgan fingerprint density at radius 2 is 1.63 bits per heavy atom. The molecule has 0 heterocycles. The summed E-state index contributed by atoms with van der Waals surface area (Å²) in [7, 11) is -5.87. The van der Waals surface area contributed by atoms with Crippen molar-refractivity contribution in [1.29, 1.82) is 0 Å². The van der Waals surface area contributed by atoms with Gasteiger partial charge in [-0.3, -0.25) is 9.05 Å². The highest BCUT2D eigenvalue weighted by Crippen LogP contribution is 2.49. The Labute approximate surface area is 230 Å². The minimum absolute atomic E-state index is 0.0480. The molecule has 0 spiro atoms. The summed E-state index contributed by atoms with van der Waals surface area (Å²) in [6.45, 7) is 14.5. The number of aryl methyl sites for hydroxylation is 1. The number of rotatable bonds is 14. The van der Waals surface area contributed by atoms with Crippen molar-refractivity contribution in [2.24, 2.45) is 0 Å². The third kappa shape index (κ3) is 12.0. The molecule has 2 atom stereocenters. The van der Waals surface area contributed by atoms with E-state index >= 15 is 0 Å². The minimum atomic E-state index is -4.33. The molecule has 2 unspecified atom stereocenters. The standard InChI is InChI=1S/C25H42O9P2.C2H6/c1-8-9-10-13-19-16-21(31-24(3,4)33-35(26)27)23(20-14-11-12-18(2)15-20)22(17-19)32-25(5,6)34-36(28,29)30-7;1-2/h15-17,20,26-27H,8-14H2,1-7H3,(H,28,29);1-2H3. The van der Waals surface area contributed by atoms with Crippen LogP contribution in [-0.4, -0.2) is 33.4 Å². The van der Waals surface area contributed by atoms with E-state index in [1.807, 2.05) is 26.0 Å². The molecule has 9 nitrogen and oxygen atoms in total. The fraction of sp³-hybridized carbons (Fsp3) is 0.704. The van der Waals surface area contributed by atoms with Crippen LogP contribution in [0.5, 0.6) is 11.5 Å². The Balaban J connectivity index is 0.00000352. The molecule has 0 aliphatic heterocycles. The van der Waals surface area contributed by atoms with E-state index < -0.39 is 28.0 Å². The molecule has 0 saturated heterocycles. The number of phosphoric ester groups is 1. The van der Waals surface area contributed by atoms with Gasteiger partial charge < -0.3 is 24.2 Å². The second-order valence-corrected chi connectivity index (χ2v) is 12.2. The highest BCUT2D eigenvalue weighted by atomic mass is 31.2. The summed E-state index contributed by atoms with van der Waals surface area (Å²) in [4.78, 5) is 28.8. The highest BCUT2D eigenvalue weighted by Gasteiger charge is 2.36. The Hall–Kier alpha value is -1.02. The third-order valence-corrected chi connectivity index (χ3v) is 7.49. The first kappa shape index (κ1) is 35.0. The van der Waals surface area contributed by atoms with Gasteiger partial charge in [-0.15, -0.1) is 0 Å². The summed E-state index contributed by atoms with van der Waals surface area (Å²) in [5, 5.41) is 0. The number of allylic oxidation sites excluding steroid dienone is 2. The van der Waals surface area contributed by atoms with Crippen molar-refractivity contribution in [2.45, 2.75) is 118 Å². The smallest absolute Gasteiger partial charge is 0.462 e. The molecule has 2 rings (SSSR count). The number of unbranched alkanes of at least 4 members (excludes halogenated alkanes) is 2. The SMILES string of the molecule is CC.CCCCCc1cc(OC(C)(C)OP(O)O)c(C2C=C(C)CCC2)c(OC(C)(C)OP(=O)(O)OC)c1. The molecule has 0 fully saturated rings. The van der Waals surface area contributed by atoms with Crippen LogP contribution in [0.3, 0.4) is 0 Å². The molecular weight excluding hydrogens is 530 g/mol. The number of hydrogen-bond acceptors (Lipinski definition) is 8. The Morgan fingerprint density at radius 3 is 2.13 bits per heavy atom.